The molecule has 0 aromatic carbocycles. The monoisotopic (exact) mass is 205 g/mol. The van der Waals surface area contributed by atoms with Crippen LogP contribution in [-0.2, 0) is 20.0 Å². The summed E-state index contributed by atoms with van der Waals surface area (Å²) >= 11 is 0. The van der Waals surface area contributed by atoms with Crippen molar-refractivity contribution in [1.82, 2.24) is 9.78 Å². The first-order valence-electron chi connectivity index (χ1n) is 5.08. The average molecular weight is 205 g/mol. The Balaban J connectivity index is 2.01. The van der Waals surface area contributed by atoms with Crippen molar-refractivity contribution in [3.8, 4) is 0 Å². The van der Waals surface area contributed by atoms with E-state index in [-0.39, 0.29) is 0 Å². The second-order valence-corrected chi connectivity index (χ2v) is 3.43. The maximum Gasteiger partial charge on any atom is 0.124 e. The molecule has 80 valence electrons. The lowest BCUT2D eigenvalue weighted by molar-refractivity contribution is 0.517. The summed E-state index contributed by atoms with van der Waals surface area (Å²) in [5.41, 5.74) is 1.10. The van der Waals surface area contributed by atoms with E-state index >= 15 is 0 Å². The second kappa shape index (κ2) is 4.21. The van der Waals surface area contributed by atoms with Gasteiger partial charge < -0.3 is 9.73 Å². The molecule has 1 N–H and O–H groups in total. The average Bonchev–Trinajstić information content (AvgIpc) is 2.84. The largest absolute Gasteiger partial charge is 0.467 e. The Morgan fingerprint density at radius 2 is 2.40 bits per heavy atom. The van der Waals surface area contributed by atoms with Crippen LogP contribution in [0.5, 0.6) is 0 Å². The van der Waals surface area contributed by atoms with E-state index in [9.17, 15) is 0 Å². The zero-order chi connectivity index (χ0) is 10.7. The molecule has 4 heteroatoms. The van der Waals surface area contributed by atoms with E-state index < -0.39 is 0 Å². The molecule has 0 saturated carbocycles. The van der Waals surface area contributed by atoms with Crippen molar-refractivity contribution in [2.24, 2.45) is 7.05 Å². The van der Waals surface area contributed by atoms with Gasteiger partial charge in [-0.05, 0) is 18.6 Å². The Morgan fingerprint density at radius 1 is 1.53 bits per heavy atom. The minimum atomic E-state index is 0.690. The molecule has 0 amide bonds. The van der Waals surface area contributed by atoms with Crippen molar-refractivity contribution in [3.05, 3.63) is 35.9 Å². The molecule has 0 spiro atoms. The van der Waals surface area contributed by atoms with Gasteiger partial charge >= 0.3 is 0 Å². The summed E-state index contributed by atoms with van der Waals surface area (Å²) in [7, 11) is 1.93. The fourth-order valence-corrected chi connectivity index (χ4v) is 1.46. The molecule has 0 aliphatic rings. The van der Waals surface area contributed by atoms with Crippen LogP contribution in [0.4, 0.5) is 5.82 Å². The summed E-state index contributed by atoms with van der Waals surface area (Å²) in [5.74, 6) is 1.94. The van der Waals surface area contributed by atoms with E-state index in [4.69, 9.17) is 4.42 Å². The molecule has 0 radical (unpaired) electrons. The predicted octanol–water partition coefficient (Wildman–Crippen LogP) is 2.19. The van der Waals surface area contributed by atoms with Crippen LogP contribution in [0.2, 0.25) is 0 Å². The van der Waals surface area contributed by atoms with Crippen molar-refractivity contribution in [2.45, 2.75) is 19.9 Å². The highest BCUT2D eigenvalue weighted by molar-refractivity contribution is 5.37. The van der Waals surface area contributed by atoms with Crippen LogP contribution >= 0.6 is 0 Å². The molecular formula is C11H15N3O. The zero-order valence-electron chi connectivity index (χ0n) is 9.03. The van der Waals surface area contributed by atoms with Crippen LogP contribution in [0, 0.1) is 0 Å². The van der Waals surface area contributed by atoms with Crippen LogP contribution in [0.15, 0.2) is 28.9 Å². The van der Waals surface area contributed by atoms with Gasteiger partial charge in [-0.2, -0.15) is 5.10 Å². The van der Waals surface area contributed by atoms with E-state index in [1.807, 2.05) is 23.9 Å². The number of aromatic nitrogens is 2. The van der Waals surface area contributed by atoms with Gasteiger partial charge in [-0.1, -0.05) is 6.92 Å². The summed E-state index contributed by atoms with van der Waals surface area (Å²) in [4.78, 5) is 0. The fraction of sp³-hybridized carbons (Fsp3) is 0.364. The third-order valence-electron chi connectivity index (χ3n) is 2.32. The van der Waals surface area contributed by atoms with Crippen LogP contribution in [0.3, 0.4) is 0 Å². The molecule has 0 fully saturated rings. The van der Waals surface area contributed by atoms with E-state index in [0.29, 0.717) is 6.54 Å². The molecule has 2 heterocycles. The lowest BCUT2D eigenvalue weighted by Crippen LogP contribution is -2.03. The van der Waals surface area contributed by atoms with Gasteiger partial charge in [-0.3, -0.25) is 4.68 Å². The van der Waals surface area contributed by atoms with Crippen LogP contribution in [0.1, 0.15) is 18.4 Å². The van der Waals surface area contributed by atoms with Gasteiger partial charge in [0.15, 0.2) is 0 Å². The Labute approximate surface area is 88.9 Å². The van der Waals surface area contributed by atoms with Gasteiger partial charge in [0.1, 0.15) is 11.6 Å². The van der Waals surface area contributed by atoms with E-state index in [0.717, 1.165) is 23.7 Å². The molecule has 0 aliphatic carbocycles. The first-order valence-corrected chi connectivity index (χ1v) is 5.08. The highest BCUT2D eigenvalue weighted by Gasteiger charge is 2.03. The molecule has 0 saturated heterocycles. The minimum absolute atomic E-state index is 0.690. The lowest BCUT2D eigenvalue weighted by Gasteiger charge is -2.03. The third kappa shape index (κ3) is 2.21. The van der Waals surface area contributed by atoms with Gasteiger partial charge in [0.05, 0.1) is 18.5 Å². The topological polar surface area (TPSA) is 43.0 Å². The van der Waals surface area contributed by atoms with Crippen molar-refractivity contribution in [3.63, 3.8) is 0 Å². The number of anilines is 1. The summed E-state index contributed by atoms with van der Waals surface area (Å²) in [6.07, 6.45) is 2.63. The Hall–Kier alpha value is -1.71. The zero-order valence-corrected chi connectivity index (χ0v) is 9.03. The van der Waals surface area contributed by atoms with E-state index in [2.05, 4.69) is 23.4 Å². The SMILES string of the molecule is CCc1cc(NCc2ccco2)n(C)n1. The number of nitrogens with zero attached hydrogens (tertiary/aromatic N) is 2. The van der Waals surface area contributed by atoms with Crippen molar-refractivity contribution >= 4 is 5.82 Å². The number of hydrogen-bond donors (Lipinski definition) is 1. The number of rotatable bonds is 4. The number of nitrogens with one attached hydrogen (secondary N) is 1. The quantitative estimate of drug-likeness (QED) is 0.832. The van der Waals surface area contributed by atoms with Crippen molar-refractivity contribution in [2.75, 3.05) is 5.32 Å². The molecule has 0 unspecified atom stereocenters. The minimum Gasteiger partial charge on any atom is -0.467 e. The van der Waals surface area contributed by atoms with Gasteiger partial charge in [-0.25, -0.2) is 0 Å². The maximum absolute atomic E-state index is 5.24. The number of furan rings is 1. The van der Waals surface area contributed by atoms with E-state index in [1.165, 1.54) is 0 Å². The van der Waals surface area contributed by atoms with E-state index in [1.54, 1.807) is 6.26 Å². The molecule has 4 nitrogen and oxygen atoms in total. The first kappa shape index (κ1) is 9.83. The van der Waals surface area contributed by atoms with Gasteiger partial charge in [-0.15, -0.1) is 0 Å². The molecule has 2 aromatic rings. The standard InChI is InChI=1S/C11H15N3O/c1-3-9-7-11(14(2)13-9)12-8-10-5-4-6-15-10/h4-7,12H,3,8H2,1-2H3. The molecule has 0 atom stereocenters. The fourth-order valence-electron chi connectivity index (χ4n) is 1.46. The Bertz CT molecular complexity index is 417. The molecule has 0 bridgehead atoms. The number of aryl methyl sites for hydroxylation is 2. The lowest BCUT2D eigenvalue weighted by atomic mass is 10.3. The third-order valence-corrected chi connectivity index (χ3v) is 2.32. The van der Waals surface area contributed by atoms with Crippen LogP contribution in [0.25, 0.3) is 0 Å². The van der Waals surface area contributed by atoms with Crippen molar-refractivity contribution < 1.29 is 4.42 Å². The van der Waals surface area contributed by atoms with Gasteiger partial charge in [0.2, 0.25) is 0 Å². The normalized spacial score (nSPS) is 10.5. The smallest absolute Gasteiger partial charge is 0.124 e. The van der Waals surface area contributed by atoms with Gasteiger partial charge in [0, 0.05) is 13.1 Å². The summed E-state index contributed by atoms with van der Waals surface area (Å²) in [5, 5.41) is 7.63. The highest BCUT2D eigenvalue weighted by Crippen LogP contribution is 2.11. The first-order chi connectivity index (χ1) is 7.29. The molecule has 15 heavy (non-hydrogen) atoms. The Morgan fingerprint density at radius 3 is 3.00 bits per heavy atom. The molecule has 2 rings (SSSR count). The molecule has 2 aromatic heterocycles. The highest BCUT2D eigenvalue weighted by atomic mass is 16.3. The van der Waals surface area contributed by atoms with Crippen LogP contribution in [-0.4, -0.2) is 9.78 Å². The maximum atomic E-state index is 5.24. The summed E-state index contributed by atoms with van der Waals surface area (Å²) < 4.78 is 7.09. The Kier molecular flexibility index (Phi) is 2.76. The van der Waals surface area contributed by atoms with Gasteiger partial charge in [0.25, 0.3) is 0 Å². The predicted molar refractivity (Wildman–Crippen MR) is 58.6 cm³/mol. The number of hydrogen-bond acceptors (Lipinski definition) is 3. The molecular weight excluding hydrogens is 190 g/mol. The van der Waals surface area contributed by atoms with Crippen molar-refractivity contribution in [1.29, 1.82) is 0 Å². The molecule has 0 aliphatic heterocycles. The summed E-state index contributed by atoms with van der Waals surface area (Å²) in [6, 6.07) is 5.89. The van der Waals surface area contributed by atoms with Crippen LogP contribution < -0.4 is 5.32 Å². The summed E-state index contributed by atoms with van der Waals surface area (Å²) in [6.45, 7) is 2.79. The second-order valence-electron chi connectivity index (χ2n) is 3.43.